The largest absolute Gasteiger partial charge is 0.489 e. The average Bonchev–Trinajstić information content (AvgIpc) is 2.55. The second-order valence-corrected chi connectivity index (χ2v) is 5.50. The monoisotopic (exact) mass is 313 g/mol. The molecule has 0 atom stereocenters. The summed E-state index contributed by atoms with van der Waals surface area (Å²) in [5.74, 6) is 1.12. The molecule has 2 rings (SSSR count). The number of amides is 1. The third kappa shape index (κ3) is 5.33. The molecule has 23 heavy (non-hydrogen) atoms. The number of ether oxygens (including phenoxy) is 2. The minimum Gasteiger partial charge on any atom is -0.489 e. The Morgan fingerprint density at radius 1 is 1.09 bits per heavy atom. The molecule has 0 saturated heterocycles. The minimum absolute atomic E-state index is 0.0402. The molecule has 0 spiro atoms. The van der Waals surface area contributed by atoms with E-state index in [0.29, 0.717) is 17.2 Å². The zero-order valence-corrected chi connectivity index (χ0v) is 13.8. The molecule has 0 bridgehead atoms. The number of nitrogens with one attached hydrogen (secondary N) is 1. The van der Waals surface area contributed by atoms with E-state index in [4.69, 9.17) is 9.47 Å². The van der Waals surface area contributed by atoms with Gasteiger partial charge in [0.05, 0.1) is 11.8 Å². The summed E-state index contributed by atoms with van der Waals surface area (Å²) >= 11 is 0. The van der Waals surface area contributed by atoms with Gasteiger partial charge < -0.3 is 14.8 Å². The maximum Gasteiger partial charge on any atom is 0.262 e. The van der Waals surface area contributed by atoms with Crippen molar-refractivity contribution in [3.8, 4) is 11.5 Å². The Hall–Kier alpha value is -2.49. The highest BCUT2D eigenvalue weighted by Crippen LogP contribution is 2.24. The van der Waals surface area contributed by atoms with E-state index in [9.17, 15) is 4.79 Å². The highest BCUT2D eigenvalue weighted by Gasteiger charge is 2.09. The molecule has 4 nitrogen and oxygen atoms in total. The molecule has 0 heterocycles. The van der Waals surface area contributed by atoms with Crippen LogP contribution >= 0.6 is 0 Å². The average molecular weight is 313 g/mol. The Morgan fingerprint density at radius 3 is 2.43 bits per heavy atom. The van der Waals surface area contributed by atoms with Crippen molar-refractivity contribution < 1.29 is 14.3 Å². The number of hydrogen-bond donors (Lipinski definition) is 1. The SMILES string of the molecule is CCc1ccc(OCC(=O)Nc2ccccc2OC(C)C)cc1. The lowest BCUT2D eigenvalue weighted by atomic mass is 10.2. The highest BCUT2D eigenvalue weighted by atomic mass is 16.5. The first-order valence-corrected chi connectivity index (χ1v) is 7.85. The van der Waals surface area contributed by atoms with E-state index >= 15 is 0 Å². The van der Waals surface area contributed by atoms with Crippen LogP contribution in [-0.4, -0.2) is 18.6 Å². The second kappa shape index (κ2) is 8.22. The summed E-state index contributed by atoms with van der Waals surface area (Å²) in [4.78, 5) is 12.1. The third-order valence-electron chi connectivity index (χ3n) is 3.23. The van der Waals surface area contributed by atoms with Crippen LogP contribution in [0.4, 0.5) is 5.69 Å². The van der Waals surface area contributed by atoms with Crippen LogP contribution < -0.4 is 14.8 Å². The summed E-state index contributed by atoms with van der Waals surface area (Å²) in [7, 11) is 0. The summed E-state index contributed by atoms with van der Waals surface area (Å²) in [5, 5.41) is 2.82. The molecule has 0 fully saturated rings. The van der Waals surface area contributed by atoms with Crippen molar-refractivity contribution in [1.82, 2.24) is 0 Å². The van der Waals surface area contributed by atoms with E-state index in [1.165, 1.54) is 5.56 Å². The van der Waals surface area contributed by atoms with Crippen LogP contribution in [0.1, 0.15) is 26.3 Å². The van der Waals surface area contributed by atoms with Crippen molar-refractivity contribution in [2.75, 3.05) is 11.9 Å². The van der Waals surface area contributed by atoms with Gasteiger partial charge in [-0.05, 0) is 50.1 Å². The second-order valence-electron chi connectivity index (χ2n) is 5.50. The molecule has 2 aromatic rings. The lowest BCUT2D eigenvalue weighted by molar-refractivity contribution is -0.118. The fourth-order valence-electron chi connectivity index (χ4n) is 2.08. The number of benzene rings is 2. The topological polar surface area (TPSA) is 47.6 Å². The van der Waals surface area contributed by atoms with Gasteiger partial charge in [0.1, 0.15) is 11.5 Å². The maximum atomic E-state index is 12.1. The standard InChI is InChI=1S/C19H23NO3/c1-4-15-9-11-16(12-10-15)22-13-19(21)20-17-7-5-6-8-18(17)23-14(2)3/h5-12,14H,4,13H2,1-3H3,(H,20,21). The van der Waals surface area contributed by atoms with Crippen molar-refractivity contribution in [2.45, 2.75) is 33.3 Å². The van der Waals surface area contributed by atoms with Crippen molar-refractivity contribution in [1.29, 1.82) is 0 Å². The molecule has 0 aromatic heterocycles. The van der Waals surface area contributed by atoms with Gasteiger partial charge in [-0.15, -0.1) is 0 Å². The van der Waals surface area contributed by atoms with Crippen LogP contribution in [0.25, 0.3) is 0 Å². The van der Waals surface area contributed by atoms with Gasteiger partial charge in [0.25, 0.3) is 5.91 Å². The number of carbonyl (C=O) groups excluding carboxylic acids is 1. The third-order valence-corrected chi connectivity index (χ3v) is 3.23. The maximum absolute atomic E-state index is 12.1. The summed E-state index contributed by atoms with van der Waals surface area (Å²) < 4.78 is 11.2. The molecule has 1 N–H and O–H groups in total. The predicted octanol–water partition coefficient (Wildman–Crippen LogP) is 4.05. The summed E-state index contributed by atoms with van der Waals surface area (Å²) in [5.41, 5.74) is 1.89. The van der Waals surface area contributed by atoms with Gasteiger partial charge in [-0.1, -0.05) is 31.2 Å². The first-order valence-electron chi connectivity index (χ1n) is 7.85. The molecule has 0 radical (unpaired) electrons. The molecular formula is C19H23NO3. The quantitative estimate of drug-likeness (QED) is 0.838. The molecule has 122 valence electrons. The predicted molar refractivity (Wildman–Crippen MR) is 92.2 cm³/mol. The van der Waals surface area contributed by atoms with E-state index in [0.717, 1.165) is 6.42 Å². The molecule has 0 saturated carbocycles. The fourth-order valence-corrected chi connectivity index (χ4v) is 2.08. The van der Waals surface area contributed by atoms with Gasteiger partial charge in [-0.3, -0.25) is 4.79 Å². The first kappa shape index (κ1) is 16.9. The molecule has 2 aromatic carbocycles. The van der Waals surface area contributed by atoms with E-state index in [1.54, 1.807) is 0 Å². The van der Waals surface area contributed by atoms with E-state index in [1.807, 2.05) is 62.4 Å². The number of hydrogen-bond acceptors (Lipinski definition) is 3. The normalized spacial score (nSPS) is 10.4. The summed E-state index contributed by atoms with van der Waals surface area (Å²) in [6, 6.07) is 15.1. The van der Waals surface area contributed by atoms with Gasteiger partial charge in [-0.2, -0.15) is 0 Å². The zero-order chi connectivity index (χ0) is 16.7. The Balaban J connectivity index is 1.91. The first-order chi connectivity index (χ1) is 11.1. The molecule has 0 unspecified atom stereocenters. The van der Waals surface area contributed by atoms with Crippen LogP contribution in [0.3, 0.4) is 0 Å². The van der Waals surface area contributed by atoms with E-state index in [-0.39, 0.29) is 18.6 Å². The number of para-hydroxylation sites is 2. The van der Waals surface area contributed by atoms with Crippen LogP contribution in [-0.2, 0) is 11.2 Å². The number of anilines is 1. The van der Waals surface area contributed by atoms with Crippen molar-refractivity contribution in [3.63, 3.8) is 0 Å². The Kier molecular flexibility index (Phi) is 6.03. The lowest BCUT2D eigenvalue weighted by Crippen LogP contribution is -2.21. The zero-order valence-electron chi connectivity index (χ0n) is 13.8. The molecule has 1 amide bonds. The molecular weight excluding hydrogens is 290 g/mol. The smallest absolute Gasteiger partial charge is 0.262 e. The van der Waals surface area contributed by atoms with Gasteiger partial charge in [0.15, 0.2) is 6.61 Å². The number of aryl methyl sites for hydroxylation is 1. The minimum atomic E-state index is -0.218. The number of carbonyl (C=O) groups is 1. The van der Waals surface area contributed by atoms with Crippen LogP contribution in [0.15, 0.2) is 48.5 Å². The Morgan fingerprint density at radius 2 is 1.78 bits per heavy atom. The fraction of sp³-hybridized carbons (Fsp3) is 0.316. The van der Waals surface area contributed by atoms with Crippen molar-refractivity contribution in [2.24, 2.45) is 0 Å². The van der Waals surface area contributed by atoms with Crippen LogP contribution in [0.2, 0.25) is 0 Å². The molecule has 0 aliphatic heterocycles. The highest BCUT2D eigenvalue weighted by molar-refractivity contribution is 5.93. The van der Waals surface area contributed by atoms with Crippen LogP contribution in [0.5, 0.6) is 11.5 Å². The lowest BCUT2D eigenvalue weighted by Gasteiger charge is -2.15. The Bertz CT molecular complexity index is 635. The molecule has 0 aliphatic rings. The molecule has 4 heteroatoms. The van der Waals surface area contributed by atoms with Gasteiger partial charge in [0.2, 0.25) is 0 Å². The van der Waals surface area contributed by atoms with Crippen molar-refractivity contribution in [3.05, 3.63) is 54.1 Å². The van der Waals surface area contributed by atoms with Gasteiger partial charge in [-0.25, -0.2) is 0 Å². The van der Waals surface area contributed by atoms with Crippen LogP contribution in [0, 0.1) is 0 Å². The number of rotatable bonds is 7. The molecule has 0 aliphatic carbocycles. The van der Waals surface area contributed by atoms with E-state index < -0.39 is 0 Å². The summed E-state index contributed by atoms with van der Waals surface area (Å²) in [6.07, 6.45) is 1.02. The Labute approximate surface area is 137 Å². The van der Waals surface area contributed by atoms with Crippen molar-refractivity contribution >= 4 is 11.6 Å². The van der Waals surface area contributed by atoms with E-state index in [2.05, 4.69) is 12.2 Å². The van der Waals surface area contributed by atoms with Gasteiger partial charge in [0, 0.05) is 0 Å². The van der Waals surface area contributed by atoms with Gasteiger partial charge >= 0.3 is 0 Å². The summed E-state index contributed by atoms with van der Waals surface area (Å²) in [6.45, 7) is 5.95.